The summed E-state index contributed by atoms with van der Waals surface area (Å²) >= 11 is 0. The highest BCUT2D eigenvalue weighted by Crippen LogP contribution is 2.46. The molecule has 2 unspecified atom stereocenters. The van der Waals surface area contributed by atoms with Gasteiger partial charge in [-0.1, -0.05) is 20.8 Å². The highest BCUT2D eigenvalue weighted by molar-refractivity contribution is 5.86. The number of urea groups is 1. The van der Waals surface area contributed by atoms with Crippen molar-refractivity contribution >= 4 is 18.1 Å². The zero-order chi connectivity index (χ0) is 18.6. The molecule has 7 heteroatoms. The van der Waals surface area contributed by atoms with E-state index in [2.05, 4.69) is 41.1 Å². The molecule has 1 saturated carbocycles. The molecule has 0 radical (unpaired) electrons. The number of aliphatic imine (C=N–C) groups is 1. The number of rotatable bonds is 5. The predicted molar refractivity (Wildman–Crippen MR) is 90.3 cm³/mol. The Bertz CT molecular complexity index is 538. The summed E-state index contributed by atoms with van der Waals surface area (Å²) in [4.78, 5) is 38.2. The standard InChI is InChI=1S/C17H29N3O4/c1-15(2)7-12(19-11-21)8-17(5,9-15)10-18-14(23)20-16(3,4)13(22)24-6/h12H,7-10H2,1-6H3,(H2,18,20,23). The number of isocyanates is 1. The third kappa shape index (κ3) is 5.64. The average Bonchev–Trinajstić information content (AvgIpc) is 2.42. The number of carbonyl (C=O) groups excluding carboxylic acids is 3. The molecule has 2 atom stereocenters. The molecule has 0 aliphatic heterocycles. The minimum atomic E-state index is -1.10. The summed E-state index contributed by atoms with van der Waals surface area (Å²) in [6, 6.07) is -0.502. The lowest BCUT2D eigenvalue weighted by molar-refractivity contribution is -0.146. The minimum Gasteiger partial charge on any atom is -0.467 e. The van der Waals surface area contributed by atoms with Crippen LogP contribution in [0.25, 0.3) is 0 Å². The van der Waals surface area contributed by atoms with Crippen LogP contribution in [0.15, 0.2) is 4.99 Å². The molecule has 0 spiro atoms. The van der Waals surface area contributed by atoms with Gasteiger partial charge in [-0.2, -0.15) is 0 Å². The summed E-state index contributed by atoms with van der Waals surface area (Å²) in [5, 5.41) is 5.44. The molecule has 1 aliphatic carbocycles. The first-order valence-corrected chi connectivity index (χ1v) is 8.14. The van der Waals surface area contributed by atoms with Crippen molar-refractivity contribution in [3.05, 3.63) is 0 Å². The Morgan fingerprint density at radius 3 is 2.46 bits per heavy atom. The van der Waals surface area contributed by atoms with E-state index < -0.39 is 17.5 Å². The monoisotopic (exact) mass is 339 g/mol. The largest absolute Gasteiger partial charge is 0.467 e. The lowest BCUT2D eigenvalue weighted by Crippen LogP contribution is -2.55. The summed E-state index contributed by atoms with van der Waals surface area (Å²) in [5.41, 5.74) is -1.25. The quantitative estimate of drug-likeness (QED) is 0.456. The van der Waals surface area contributed by atoms with E-state index in [0.29, 0.717) is 13.0 Å². The van der Waals surface area contributed by atoms with Crippen LogP contribution in [0.2, 0.25) is 0 Å². The molecular formula is C17H29N3O4. The molecule has 0 heterocycles. The van der Waals surface area contributed by atoms with E-state index in [1.54, 1.807) is 19.9 Å². The number of nitrogens with zero attached hydrogens (tertiary/aromatic N) is 1. The lowest BCUT2D eigenvalue weighted by Gasteiger charge is -2.45. The first-order valence-electron chi connectivity index (χ1n) is 8.14. The van der Waals surface area contributed by atoms with Gasteiger partial charge in [-0.15, -0.1) is 0 Å². The molecule has 0 aromatic rings. The molecule has 7 nitrogen and oxygen atoms in total. The molecule has 0 saturated heterocycles. The second kappa shape index (κ2) is 7.34. The van der Waals surface area contributed by atoms with Gasteiger partial charge in [0.05, 0.1) is 13.2 Å². The van der Waals surface area contributed by atoms with Crippen LogP contribution in [0.5, 0.6) is 0 Å². The van der Waals surface area contributed by atoms with Crippen LogP contribution in [-0.4, -0.2) is 43.3 Å². The lowest BCUT2D eigenvalue weighted by atomic mass is 9.63. The van der Waals surface area contributed by atoms with Crippen molar-refractivity contribution in [3.63, 3.8) is 0 Å². The van der Waals surface area contributed by atoms with Gasteiger partial charge in [0.15, 0.2) is 0 Å². The summed E-state index contributed by atoms with van der Waals surface area (Å²) in [7, 11) is 1.28. The van der Waals surface area contributed by atoms with Crippen molar-refractivity contribution in [2.45, 2.75) is 65.5 Å². The fraction of sp³-hybridized carbons (Fsp3) is 0.824. The molecule has 0 aromatic carbocycles. The maximum absolute atomic E-state index is 12.1. The Morgan fingerprint density at radius 1 is 1.29 bits per heavy atom. The first-order chi connectivity index (χ1) is 10.9. The Balaban J connectivity index is 2.69. The van der Waals surface area contributed by atoms with Crippen molar-refractivity contribution in [3.8, 4) is 0 Å². The van der Waals surface area contributed by atoms with E-state index in [1.807, 2.05) is 0 Å². The molecule has 1 rings (SSSR count). The Hall–Kier alpha value is -1.88. The zero-order valence-corrected chi connectivity index (χ0v) is 15.5. The van der Waals surface area contributed by atoms with Crippen LogP contribution in [0.1, 0.15) is 53.9 Å². The fourth-order valence-electron chi connectivity index (χ4n) is 3.81. The second-order valence-electron chi connectivity index (χ2n) is 8.36. The number of nitrogens with one attached hydrogen (secondary N) is 2. The van der Waals surface area contributed by atoms with E-state index in [9.17, 15) is 14.4 Å². The van der Waals surface area contributed by atoms with Gasteiger partial charge in [-0.3, -0.25) is 0 Å². The van der Waals surface area contributed by atoms with Gasteiger partial charge < -0.3 is 15.4 Å². The molecule has 0 bridgehead atoms. The summed E-state index contributed by atoms with van der Waals surface area (Å²) in [6.07, 6.45) is 4.11. The number of hydrogen-bond acceptors (Lipinski definition) is 5. The first kappa shape index (κ1) is 20.2. The van der Waals surface area contributed by atoms with E-state index >= 15 is 0 Å². The number of ether oxygens (including phenoxy) is 1. The van der Waals surface area contributed by atoms with Crippen molar-refractivity contribution in [2.24, 2.45) is 15.8 Å². The maximum Gasteiger partial charge on any atom is 0.331 e. The van der Waals surface area contributed by atoms with E-state index in [4.69, 9.17) is 0 Å². The normalized spacial score (nSPS) is 26.0. The number of carbonyl (C=O) groups is 2. The third-order valence-electron chi connectivity index (χ3n) is 4.45. The SMILES string of the molecule is COC(=O)C(C)(C)NC(=O)NCC1(C)CC(N=C=O)CC(C)(C)C1. The highest BCUT2D eigenvalue weighted by Gasteiger charge is 2.41. The summed E-state index contributed by atoms with van der Waals surface area (Å²) in [6.45, 7) is 9.95. The number of amides is 2. The topological polar surface area (TPSA) is 96.9 Å². The van der Waals surface area contributed by atoms with Gasteiger partial charge in [0, 0.05) is 6.54 Å². The van der Waals surface area contributed by atoms with Crippen LogP contribution < -0.4 is 10.6 Å². The van der Waals surface area contributed by atoms with E-state index in [-0.39, 0.29) is 16.9 Å². The smallest absolute Gasteiger partial charge is 0.331 e. The molecule has 0 aromatic heterocycles. The predicted octanol–water partition coefficient (Wildman–Crippen LogP) is 2.16. The highest BCUT2D eigenvalue weighted by atomic mass is 16.5. The maximum atomic E-state index is 12.1. The van der Waals surface area contributed by atoms with Crippen LogP contribution in [0.3, 0.4) is 0 Å². The van der Waals surface area contributed by atoms with Crippen molar-refractivity contribution < 1.29 is 19.1 Å². The van der Waals surface area contributed by atoms with Crippen LogP contribution in [0.4, 0.5) is 4.79 Å². The molecule has 1 fully saturated rings. The van der Waals surface area contributed by atoms with Crippen LogP contribution in [-0.2, 0) is 14.3 Å². The number of esters is 1. The summed E-state index contributed by atoms with van der Waals surface area (Å²) in [5.74, 6) is -0.511. The summed E-state index contributed by atoms with van der Waals surface area (Å²) < 4.78 is 4.67. The van der Waals surface area contributed by atoms with Crippen LogP contribution in [0, 0.1) is 10.8 Å². The van der Waals surface area contributed by atoms with Gasteiger partial charge in [0.25, 0.3) is 0 Å². The molecule has 1 aliphatic rings. The minimum absolute atomic E-state index is 0.0292. The molecular weight excluding hydrogens is 310 g/mol. The Kier molecular flexibility index (Phi) is 6.17. The number of methoxy groups -OCH3 is 1. The molecule has 2 amide bonds. The van der Waals surface area contributed by atoms with Gasteiger partial charge in [-0.25, -0.2) is 19.4 Å². The van der Waals surface area contributed by atoms with Gasteiger partial charge in [0.1, 0.15) is 5.54 Å². The fourth-order valence-corrected chi connectivity index (χ4v) is 3.81. The van der Waals surface area contributed by atoms with E-state index in [1.165, 1.54) is 7.11 Å². The Morgan fingerprint density at radius 2 is 1.92 bits per heavy atom. The molecule has 136 valence electrons. The van der Waals surface area contributed by atoms with Crippen molar-refractivity contribution in [2.75, 3.05) is 13.7 Å². The number of hydrogen-bond donors (Lipinski definition) is 2. The van der Waals surface area contributed by atoms with Gasteiger partial charge >= 0.3 is 12.0 Å². The average molecular weight is 339 g/mol. The van der Waals surface area contributed by atoms with E-state index in [0.717, 1.165) is 12.8 Å². The Labute approximate surface area is 143 Å². The van der Waals surface area contributed by atoms with Crippen molar-refractivity contribution in [1.29, 1.82) is 0 Å². The van der Waals surface area contributed by atoms with Crippen molar-refractivity contribution in [1.82, 2.24) is 10.6 Å². The molecule has 2 N–H and O–H groups in total. The molecule has 24 heavy (non-hydrogen) atoms. The third-order valence-corrected chi connectivity index (χ3v) is 4.45. The van der Waals surface area contributed by atoms with Gasteiger partial charge in [0.2, 0.25) is 6.08 Å². The van der Waals surface area contributed by atoms with Crippen LogP contribution >= 0.6 is 0 Å². The van der Waals surface area contributed by atoms with Gasteiger partial charge in [-0.05, 0) is 43.9 Å². The second-order valence-corrected chi connectivity index (χ2v) is 8.36. The zero-order valence-electron chi connectivity index (χ0n) is 15.5.